The van der Waals surface area contributed by atoms with Gasteiger partial charge < -0.3 is 4.52 Å². The van der Waals surface area contributed by atoms with Gasteiger partial charge >= 0.3 is 0 Å². The third-order valence-corrected chi connectivity index (χ3v) is 4.17. The van der Waals surface area contributed by atoms with Crippen molar-refractivity contribution in [1.29, 1.82) is 0 Å². The van der Waals surface area contributed by atoms with E-state index in [1.807, 2.05) is 6.92 Å². The van der Waals surface area contributed by atoms with Crippen LogP contribution in [-0.4, -0.2) is 16.6 Å². The average molecular weight is 270 g/mol. The first-order chi connectivity index (χ1) is 9.76. The van der Waals surface area contributed by atoms with Crippen molar-refractivity contribution in [3.05, 3.63) is 52.9 Å². The first-order valence-electron chi connectivity index (χ1n) is 7.51. The lowest BCUT2D eigenvalue weighted by molar-refractivity contribution is 0.236. The minimum atomic E-state index is 0.415. The van der Waals surface area contributed by atoms with E-state index in [0.29, 0.717) is 6.04 Å². The molecule has 0 aliphatic carbocycles. The molecule has 106 valence electrons. The molecule has 3 heteroatoms. The van der Waals surface area contributed by atoms with Crippen LogP contribution in [0.1, 0.15) is 48.4 Å². The Balaban J connectivity index is 1.72. The lowest BCUT2D eigenvalue weighted by atomic mass is 10.1. The van der Waals surface area contributed by atoms with E-state index in [9.17, 15) is 0 Å². The van der Waals surface area contributed by atoms with Gasteiger partial charge in [-0.3, -0.25) is 4.90 Å². The highest BCUT2D eigenvalue weighted by Gasteiger charge is 2.28. The molecule has 1 unspecified atom stereocenters. The van der Waals surface area contributed by atoms with Gasteiger partial charge in [0.15, 0.2) is 0 Å². The Bertz CT molecular complexity index is 559. The number of aromatic nitrogens is 1. The minimum absolute atomic E-state index is 0.415. The van der Waals surface area contributed by atoms with Crippen molar-refractivity contribution in [2.45, 2.75) is 45.7 Å². The molecule has 3 rings (SSSR count). The van der Waals surface area contributed by atoms with Crippen LogP contribution in [0.5, 0.6) is 0 Å². The second kappa shape index (κ2) is 5.80. The van der Waals surface area contributed by atoms with Gasteiger partial charge in [0.05, 0.1) is 6.04 Å². The number of nitrogens with zero attached hydrogens (tertiary/aromatic N) is 2. The molecule has 3 nitrogen and oxygen atoms in total. The molecule has 0 saturated carbocycles. The molecule has 0 amide bonds. The van der Waals surface area contributed by atoms with Crippen LogP contribution >= 0.6 is 0 Å². The highest BCUT2D eigenvalue weighted by molar-refractivity contribution is 5.23. The molecule has 1 saturated heterocycles. The molecule has 1 aliphatic rings. The lowest BCUT2D eigenvalue weighted by Crippen LogP contribution is -2.22. The molecule has 1 aliphatic heterocycles. The largest absolute Gasteiger partial charge is 0.361 e. The summed E-state index contributed by atoms with van der Waals surface area (Å²) in [5, 5.41) is 4.20. The highest BCUT2D eigenvalue weighted by Crippen LogP contribution is 2.32. The third-order valence-electron chi connectivity index (χ3n) is 4.17. The summed E-state index contributed by atoms with van der Waals surface area (Å²) in [6.45, 7) is 6.30. The number of aryl methyl sites for hydroxylation is 2. The van der Waals surface area contributed by atoms with Gasteiger partial charge in [-0.05, 0) is 43.9 Å². The quantitative estimate of drug-likeness (QED) is 0.844. The smallest absolute Gasteiger partial charge is 0.133 e. The predicted octanol–water partition coefficient (Wildman–Crippen LogP) is 3.88. The first-order valence-corrected chi connectivity index (χ1v) is 7.51. The van der Waals surface area contributed by atoms with E-state index < -0.39 is 0 Å². The predicted molar refractivity (Wildman–Crippen MR) is 79.4 cm³/mol. The van der Waals surface area contributed by atoms with E-state index in [1.165, 1.54) is 24.0 Å². The van der Waals surface area contributed by atoms with Crippen molar-refractivity contribution in [2.75, 3.05) is 6.54 Å². The van der Waals surface area contributed by atoms with Crippen molar-refractivity contribution < 1.29 is 4.52 Å². The van der Waals surface area contributed by atoms with E-state index in [0.717, 1.165) is 31.0 Å². The standard InChI is InChI=1S/C17H22N2O/c1-3-14-6-8-15(9-7-14)12-19-10-4-5-17(19)16-11-13(2)20-18-16/h6-9,11,17H,3-5,10,12H2,1-2H3. The summed E-state index contributed by atoms with van der Waals surface area (Å²) in [5.41, 5.74) is 3.87. The van der Waals surface area contributed by atoms with Crippen LogP contribution in [0, 0.1) is 6.92 Å². The van der Waals surface area contributed by atoms with E-state index in [1.54, 1.807) is 0 Å². The molecule has 0 spiro atoms. The molecule has 1 aromatic carbocycles. The molecule has 0 radical (unpaired) electrons. The van der Waals surface area contributed by atoms with Crippen molar-refractivity contribution in [3.63, 3.8) is 0 Å². The van der Waals surface area contributed by atoms with Crippen molar-refractivity contribution in [1.82, 2.24) is 10.1 Å². The maximum Gasteiger partial charge on any atom is 0.133 e. The van der Waals surface area contributed by atoms with Crippen molar-refractivity contribution in [2.24, 2.45) is 0 Å². The summed E-state index contributed by atoms with van der Waals surface area (Å²) in [7, 11) is 0. The molecule has 0 bridgehead atoms. The van der Waals surface area contributed by atoms with Gasteiger partial charge in [0.2, 0.25) is 0 Å². The van der Waals surface area contributed by atoms with Crippen LogP contribution in [0.2, 0.25) is 0 Å². The zero-order valence-corrected chi connectivity index (χ0v) is 12.3. The van der Waals surface area contributed by atoms with Gasteiger partial charge in [-0.25, -0.2) is 0 Å². The molecule has 2 aromatic rings. The molecule has 2 heterocycles. The fourth-order valence-corrected chi connectivity index (χ4v) is 3.01. The summed E-state index contributed by atoms with van der Waals surface area (Å²) in [4.78, 5) is 2.51. The van der Waals surface area contributed by atoms with Crippen LogP contribution in [-0.2, 0) is 13.0 Å². The van der Waals surface area contributed by atoms with Crippen LogP contribution < -0.4 is 0 Å². The van der Waals surface area contributed by atoms with Crippen LogP contribution in [0.4, 0.5) is 0 Å². The Hall–Kier alpha value is -1.61. The minimum Gasteiger partial charge on any atom is -0.361 e. The topological polar surface area (TPSA) is 29.3 Å². The van der Waals surface area contributed by atoms with E-state index >= 15 is 0 Å². The molecule has 1 atom stereocenters. The Kier molecular flexibility index (Phi) is 3.88. The van der Waals surface area contributed by atoms with E-state index in [-0.39, 0.29) is 0 Å². The van der Waals surface area contributed by atoms with Gasteiger partial charge in [0.25, 0.3) is 0 Å². The molecular weight excluding hydrogens is 248 g/mol. The maximum absolute atomic E-state index is 5.23. The number of hydrogen-bond acceptors (Lipinski definition) is 3. The molecule has 1 aromatic heterocycles. The number of benzene rings is 1. The molecule has 20 heavy (non-hydrogen) atoms. The van der Waals surface area contributed by atoms with Crippen LogP contribution in [0.15, 0.2) is 34.9 Å². The lowest BCUT2D eigenvalue weighted by Gasteiger charge is -2.22. The van der Waals surface area contributed by atoms with E-state index in [2.05, 4.69) is 47.3 Å². The number of hydrogen-bond donors (Lipinski definition) is 0. The maximum atomic E-state index is 5.23. The van der Waals surface area contributed by atoms with Gasteiger partial charge in [0.1, 0.15) is 11.5 Å². The summed E-state index contributed by atoms with van der Waals surface area (Å²) in [6.07, 6.45) is 3.52. The van der Waals surface area contributed by atoms with Gasteiger partial charge in [-0.2, -0.15) is 0 Å². The molecule has 0 N–H and O–H groups in total. The normalized spacial score (nSPS) is 19.6. The van der Waals surface area contributed by atoms with Gasteiger partial charge in [-0.15, -0.1) is 0 Å². The summed E-state index contributed by atoms with van der Waals surface area (Å²) in [6, 6.07) is 11.5. The fraction of sp³-hybridized carbons (Fsp3) is 0.471. The van der Waals surface area contributed by atoms with Crippen LogP contribution in [0.3, 0.4) is 0 Å². The summed E-state index contributed by atoms with van der Waals surface area (Å²) in [5.74, 6) is 0.902. The molecular formula is C17H22N2O. The second-order valence-corrected chi connectivity index (χ2v) is 5.66. The number of likely N-dealkylation sites (tertiary alicyclic amines) is 1. The third kappa shape index (κ3) is 2.78. The molecule has 1 fully saturated rings. The Labute approximate surface area is 120 Å². The number of rotatable bonds is 4. The first kappa shape index (κ1) is 13.4. The monoisotopic (exact) mass is 270 g/mol. The fourth-order valence-electron chi connectivity index (χ4n) is 3.01. The van der Waals surface area contributed by atoms with Crippen molar-refractivity contribution in [3.8, 4) is 0 Å². The zero-order valence-electron chi connectivity index (χ0n) is 12.3. The van der Waals surface area contributed by atoms with Gasteiger partial charge in [-0.1, -0.05) is 36.3 Å². The summed E-state index contributed by atoms with van der Waals surface area (Å²) < 4.78 is 5.23. The second-order valence-electron chi connectivity index (χ2n) is 5.66. The van der Waals surface area contributed by atoms with Gasteiger partial charge in [0, 0.05) is 12.6 Å². The average Bonchev–Trinajstić information content (AvgIpc) is 3.08. The van der Waals surface area contributed by atoms with Crippen LogP contribution in [0.25, 0.3) is 0 Å². The SMILES string of the molecule is CCc1ccc(CN2CCCC2c2cc(C)on2)cc1. The van der Waals surface area contributed by atoms with E-state index in [4.69, 9.17) is 4.52 Å². The Morgan fingerprint density at radius 2 is 2.00 bits per heavy atom. The Morgan fingerprint density at radius 1 is 1.25 bits per heavy atom. The summed E-state index contributed by atoms with van der Waals surface area (Å²) >= 11 is 0. The Morgan fingerprint density at radius 3 is 2.65 bits per heavy atom. The highest BCUT2D eigenvalue weighted by atomic mass is 16.5. The van der Waals surface area contributed by atoms with Crippen molar-refractivity contribution >= 4 is 0 Å². The zero-order chi connectivity index (χ0) is 13.9.